The van der Waals surface area contributed by atoms with E-state index in [0.717, 1.165) is 5.57 Å². The van der Waals surface area contributed by atoms with Gasteiger partial charge in [0.1, 0.15) is 0 Å². The summed E-state index contributed by atoms with van der Waals surface area (Å²) >= 11 is 3.19. The number of allylic oxidation sites excluding steroid dienone is 6. The molecular weight excluding hydrogens is 478 g/mol. The SMILES string of the molecule is COc1ccc(C2C3=CCC4C(=O)N(C)C(=O)C4C3CC3=C2C(=O)C=C(Br)C3=O)cc1O. The zero-order chi connectivity index (χ0) is 22.9. The van der Waals surface area contributed by atoms with Crippen molar-refractivity contribution >= 4 is 39.3 Å². The number of nitrogens with zero attached hydrogens (tertiary/aromatic N) is 1. The molecule has 0 saturated carbocycles. The first kappa shape index (κ1) is 20.9. The molecule has 1 aromatic carbocycles. The Kier molecular flexibility index (Phi) is 4.74. The number of methoxy groups -OCH3 is 1. The molecule has 1 fully saturated rings. The average Bonchev–Trinajstić information content (AvgIpc) is 3.00. The molecule has 3 aliphatic carbocycles. The molecular formula is C24H20BrNO6. The van der Waals surface area contributed by atoms with Gasteiger partial charge >= 0.3 is 0 Å². The highest BCUT2D eigenvalue weighted by atomic mass is 79.9. The van der Waals surface area contributed by atoms with Crippen LogP contribution < -0.4 is 4.74 Å². The molecule has 4 unspecified atom stereocenters. The van der Waals surface area contributed by atoms with E-state index in [1.807, 2.05) is 6.08 Å². The number of phenols is 1. The Hall–Kier alpha value is -3.00. The monoisotopic (exact) mass is 497 g/mol. The first-order valence-electron chi connectivity index (χ1n) is 10.3. The van der Waals surface area contributed by atoms with Gasteiger partial charge in [-0.3, -0.25) is 24.1 Å². The third-order valence-corrected chi connectivity index (χ3v) is 7.68. The normalized spacial score (nSPS) is 29.4. The van der Waals surface area contributed by atoms with Crippen molar-refractivity contribution in [3.63, 3.8) is 0 Å². The highest BCUT2D eigenvalue weighted by Gasteiger charge is 2.55. The van der Waals surface area contributed by atoms with E-state index in [9.17, 15) is 24.3 Å². The summed E-state index contributed by atoms with van der Waals surface area (Å²) in [7, 11) is 2.93. The molecule has 4 atom stereocenters. The Morgan fingerprint density at radius 1 is 1.12 bits per heavy atom. The summed E-state index contributed by atoms with van der Waals surface area (Å²) in [5.74, 6) is -2.80. The van der Waals surface area contributed by atoms with Crippen LogP contribution in [0.5, 0.6) is 11.5 Å². The number of rotatable bonds is 2. The number of Topliss-reactive ketones (excluding diaryl/α,β-unsaturated/α-hetero) is 1. The Labute approximate surface area is 192 Å². The predicted molar refractivity (Wildman–Crippen MR) is 117 cm³/mol. The lowest BCUT2D eigenvalue weighted by Gasteiger charge is -2.42. The van der Waals surface area contributed by atoms with Gasteiger partial charge in [0.25, 0.3) is 0 Å². The second-order valence-electron chi connectivity index (χ2n) is 8.56. The molecule has 0 spiro atoms. The first-order chi connectivity index (χ1) is 15.2. The fraction of sp³-hybridized carbons (Fsp3) is 0.333. The smallest absolute Gasteiger partial charge is 0.233 e. The Morgan fingerprint density at radius 3 is 2.56 bits per heavy atom. The molecule has 8 heteroatoms. The van der Waals surface area contributed by atoms with Crippen molar-refractivity contribution in [1.82, 2.24) is 4.90 Å². The van der Waals surface area contributed by atoms with E-state index in [-0.39, 0.29) is 46.0 Å². The summed E-state index contributed by atoms with van der Waals surface area (Å²) in [6, 6.07) is 4.89. The van der Waals surface area contributed by atoms with Crippen molar-refractivity contribution in [3.05, 3.63) is 57.1 Å². The molecule has 1 aromatic rings. The van der Waals surface area contributed by atoms with Crippen LogP contribution in [0.25, 0.3) is 0 Å². The Morgan fingerprint density at radius 2 is 1.88 bits per heavy atom. The molecule has 0 aromatic heterocycles. The summed E-state index contributed by atoms with van der Waals surface area (Å²) in [5, 5.41) is 10.4. The van der Waals surface area contributed by atoms with Crippen LogP contribution >= 0.6 is 15.9 Å². The third-order valence-electron chi connectivity index (χ3n) is 7.09. The minimum atomic E-state index is -0.594. The number of likely N-dealkylation sites (tertiary alicyclic amines) is 1. The molecule has 0 radical (unpaired) electrons. The maximum Gasteiger partial charge on any atom is 0.233 e. The number of carbonyl (C=O) groups excluding carboxylic acids is 4. The number of ketones is 2. The number of carbonyl (C=O) groups is 4. The Bertz CT molecular complexity index is 1210. The van der Waals surface area contributed by atoms with Gasteiger partial charge in [-0.25, -0.2) is 0 Å². The van der Waals surface area contributed by atoms with Gasteiger partial charge in [0.15, 0.2) is 23.1 Å². The van der Waals surface area contributed by atoms with Gasteiger partial charge < -0.3 is 9.84 Å². The van der Waals surface area contributed by atoms with Crippen molar-refractivity contribution in [1.29, 1.82) is 0 Å². The van der Waals surface area contributed by atoms with Crippen molar-refractivity contribution in [2.45, 2.75) is 18.8 Å². The van der Waals surface area contributed by atoms with Gasteiger partial charge in [0.05, 0.1) is 23.4 Å². The second-order valence-corrected chi connectivity index (χ2v) is 9.41. The number of fused-ring (bicyclic) bond motifs is 3. The number of imide groups is 1. The Balaban J connectivity index is 1.71. The maximum absolute atomic E-state index is 13.1. The van der Waals surface area contributed by atoms with Crippen LogP contribution in [0.1, 0.15) is 24.3 Å². The fourth-order valence-corrected chi connectivity index (χ4v) is 6.08. The van der Waals surface area contributed by atoms with Crippen LogP contribution in [-0.2, 0) is 19.2 Å². The predicted octanol–water partition coefficient (Wildman–Crippen LogP) is 2.79. The number of hydrogen-bond acceptors (Lipinski definition) is 6. The number of amides is 2. The number of aromatic hydroxyl groups is 1. The number of phenolic OH excluding ortho intramolecular Hbond substituents is 1. The largest absolute Gasteiger partial charge is 0.504 e. The van der Waals surface area contributed by atoms with E-state index >= 15 is 0 Å². The second kappa shape index (κ2) is 7.27. The van der Waals surface area contributed by atoms with E-state index in [1.54, 1.807) is 12.1 Å². The van der Waals surface area contributed by atoms with Crippen molar-refractivity contribution in [3.8, 4) is 11.5 Å². The lowest BCUT2D eigenvalue weighted by atomic mass is 9.59. The molecule has 1 heterocycles. The van der Waals surface area contributed by atoms with Gasteiger partial charge in [-0.1, -0.05) is 17.7 Å². The molecule has 2 amide bonds. The van der Waals surface area contributed by atoms with E-state index in [4.69, 9.17) is 4.74 Å². The summed E-state index contributed by atoms with van der Waals surface area (Å²) < 4.78 is 5.33. The fourth-order valence-electron chi connectivity index (χ4n) is 5.63. The van der Waals surface area contributed by atoms with Crippen molar-refractivity contribution in [2.24, 2.45) is 17.8 Å². The molecule has 32 heavy (non-hydrogen) atoms. The molecule has 7 nitrogen and oxygen atoms in total. The van der Waals surface area contributed by atoms with E-state index in [2.05, 4.69) is 15.9 Å². The van der Waals surface area contributed by atoms with E-state index in [0.29, 0.717) is 28.9 Å². The van der Waals surface area contributed by atoms with Crippen LogP contribution in [0.3, 0.4) is 0 Å². The standard InChI is InChI=1S/C24H20BrNO6/c1-26-23(30)12-5-4-11-13(20(12)24(26)31)8-14-21(17(28)9-15(25)22(14)29)19(11)10-3-6-18(32-2)16(27)7-10/h3-4,6-7,9,12-13,19-20,27H,5,8H2,1-2H3. The average molecular weight is 498 g/mol. The number of halogens is 1. The highest BCUT2D eigenvalue weighted by molar-refractivity contribution is 9.12. The number of hydrogen-bond donors (Lipinski definition) is 1. The molecule has 1 saturated heterocycles. The lowest BCUT2D eigenvalue weighted by Crippen LogP contribution is -2.39. The topological polar surface area (TPSA) is 101 Å². The quantitative estimate of drug-likeness (QED) is 0.383. The minimum absolute atomic E-state index is 0.0817. The highest BCUT2D eigenvalue weighted by Crippen LogP contribution is 2.55. The minimum Gasteiger partial charge on any atom is -0.504 e. The zero-order valence-corrected chi connectivity index (χ0v) is 19.0. The lowest BCUT2D eigenvalue weighted by molar-refractivity contribution is -0.138. The summed E-state index contributed by atoms with van der Waals surface area (Å²) in [6.07, 6.45) is 3.84. The summed E-state index contributed by atoms with van der Waals surface area (Å²) in [4.78, 5) is 52.9. The molecule has 1 N–H and O–H groups in total. The van der Waals surface area contributed by atoms with Crippen LogP contribution in [-0.4, -0.2) is 47.5 Å². The third kappa shape index (κ3) is 2.78. The van der Waals surface area contributed by atoms with E-state index < -0.39 is 17.8 Å². The zero-order valence-electron chi connectivity index (χ0n) is 17.4. The molecule has 5 rings (SSSR count). The van der Waals surface area contributed by atoms with Crippen LogP contribution in [0.4, 0.5) is 0 Å². The molecule has 4 aliphatic rings. The van der Waals surface area contributed by atoms with Gasteiger partial charge in [-0.2, -0.15) is 0 Å². The summed E-state index contributed by atoms with van der Waals surface area (Å²) in [6.45, 7) is 0. The van der Waals surface area contributed by atoms with Gasteiger partial charge in [-0.15, -0.1) is 0 Å². The summed E-state index contributed by atoms with van der Waals surface area (Å²) in [5.41, 5.74) is 2.21. The van der Waals surface area contributed by atoms with Crippen LogP contribution in [0.15, 0.2) is 51.6 Å². The van der Waals surface area contributed by atoms with Gasteiger partial charge in [0, 0.05) is 30.2 Å². The maximum atomic E-state index is 13.1. The van der Waals surface area contributed by atoms with Crippen molar-refractivity contribution in [2.75, 3.05) is 14.2 Å². The van der Waals surface area contributed by atoms with E-state index in [1.165, 1.54) is 31.2 Å². The molecule has 0 bridgehead atoms. The number of ether oxygens (including phenoxy) is 1. The molecule has 1 aliphatic heterocycles. The van der Waals surface area contributed by atoms with Crippen LogP contribution in [0.2, 0.25) is 0 Å². The first-order valence-corrected chi connectivity index (χ1v) is 11.1. The molecule has 164 valence electrons. The number of benzene rings is 1. The van der Waals surface area contributed by atoms with Gasteiger partial charge in [-0.05, 0) is 52.4 Å². The van der Waals surface area contributed by atoms with Crippen molar-refractivity contribution < 1.29 is 29.0 Å². The van der Waals surface area contributed by atoms with Crippen LogP contribution in [0, 0.1) is 17.8 Å². The van der Waals surface area contributed by atoms with Gasteiger partial charge in [0.2, 0.25) is 11.8 Å².